The Kier molecular flexibility index (Phi) is 5.98. The number of nitrogens with one attached hydrogen (secondary N) is 1. The van der Waals surface area contributed by atoms with E-state index in [4.69, 9.17) is 21.3 Å². The van der Waals surface area contributed by atoms with E-state index in [1.54, 1.807) is 0 Å². The van der Waals surface area contributed by atoms with Crippen LogP contribution in [-0.2, 0) is 4.74 Å². The zero-order valence-electron chi connectivity index (χ0n) is 17.3. The third-order valence-corrected chi connectivity index (χ3v) is 5.11. The number of carbonyl (C=O) groups excluding carboxylic acids is 1. The Labute approximate surface area is 171 Å². The molecule has 2 aromatic heterocycles. The third-order valence-electron chi connectivity index (χ3n) is 4.90. The molecule has 7 heteroatoms. The van der Waals surface area contributed by atoms with Crippen LogP contribution in [0, 0.1) is 0 Å². The second-order valence-corrected chi connectivity index (χ2v) is 9.00. The van der Waals surface area contributed by atoms with Crippen molar-refractivity contribution in [1.29, 1.82) is 0 Å². The van der Waals surface area contributed by atoms with Crippen molar-refractivity contribution in [3.05, 3.63) is 29.2 Å². The SMILES string of the molecule is CC(C)c1cnc(N2CCC[C@H]2CNC(=O)OC(C)(C)C)c2cnc(Cl)cc12. The second-order valence-electron chi connectivity index (χ2n) is 8.62. The Morgan fingerprint density at radius 3 is 2.75 bits per heavy atom. The highest BCUT2D eigenvalue weighted by Crippen LogP contribution is 2.34. The molecule has 1 atom stereocenters. The van der Waals surface area contributed by atoms with Crippen LogP contribution in [0.1, 0.15) is 58.9 Å². The summed E-state index contributed by atoms with van der Waals surface area (Å²) in [6, 6.07) is 2.09. The standard InChI is InChI=1S/C21H29ClN4O2/c1-13(2)16-11-24-19(17-12-23-18(22)9-15(16)17)26-8-6-7-14(26)10-25-20(27)28-21(3,4)5/h9,11-14H,6-8,10H2,1-5H3,(H,25,27)/t14-/m0/s1. The minimum absolute atomic E-state index is 0.170. The summed E-state index contributed by atoms with van der Waals surface area (Å²) < 4.78 is 5.36. The number of halogens is 1. The Balaban J connectivity index is 1.85. The van der Waals surface area contributed by atoms with Crippen LogP contribution < -0.4 is 10.2 Å². The Hall–Kier alpha value is -2.08. The number of amides is 1. The molecule has 2 aromatic rings. The third kappa shape index (κ3) is 4.66. The van der Waals surface area contributed by atoms with Crippen molar-refractivity contribution in [3.8, 4) is 0 Å². The monoisotopic (exact) mass is 404 g/mol. The van der Waals surface area contributed by atoms with E-state index in [2.05, 4.69) is 29.0 Å². The van der Waals surface area contributed by atoms with Crippen molar-refractivity contribution in [2.45, 2.75) is 65.0 Å². The van der Waals surface area contributed by atoms with E-state index in [1.165, 1.54) is 0 Å². The predicted molar refractivity (Wildman–Crippen MR) is 113 cm³/mol. The fraction of sp³-hybridized carbons (Fsp3) is 0.571. The molecule has 152 valence electrons. The van der Waals surface area contributed by atoms with Gasteiger partial charge in [-0.1, -0.05) is 25.4 Å². The predicted octanol–water partition coefficient (Wildman–Crippen LogP) is 4.90. The summed E-state index contributed by atoms with van der Waals surface area (Å²) in [4.78, 5) is 23.4. The molecule has 3 heterocycles. The maximum atomic E-state index is 12.0. The van der Waals surface area contributed by atoms with Crippen LogP contribution in [0.15, 0.2) is 18.5 Å². The van der Waals surface area contributed by atoms with Crippen LogP contribution in [0.5, 0.6) is 0 Å². The number of anilines is 1. The van der Waals surface area contributed by atoms with Crippen molar-refractivity contribution in [2.24, 2.45) is 0 Å². The zero-order valence-corrected chi connectivity index (χ0v) is 18.0. The Bertz CT molecular complexity index is 863. The molecule has 1 aliphatic rings. The maximum Gasteiger partial charge on any atom is 0.407 e. The van der Waals surface area contributed by atoms with Crippen molar-refractivity contribution in [1.82, 2.24) is 15.3 Å². The van der Waals surface area contributed by atoms with Crippen LogP contribution in [0.3, 0.4) is 0 Å². The fourth-order valence-corrected chi connectivity index (χ4v) is 3.81. The minimum Gasteiger partial charge on any atom is -0.444 e. The van der Waals surface area contributed by atoms with E-state index in [1.807, 2.05) is 39.2 Å². The highest BCUT2D eigenvalue weighted by Gasteiger charge is 2.28. The average molecular weight is 405 g/mol. The molecular formula is C21H29ClN4O2. The molecule has 6 nitrogen and oxygen atoms in total. The van der Waals surface area contributed by atoms with Gasteiger partial charge in [-0.25, -0.2) is 14.8 Å². The van der Waals surface area contributed by atoms with Gasteiger partial charge >= 0.3 is 6.09 Å². The molecule has 0 saturated carbocycles. The lowest BCUT2D eigenvalue weighted by Crippen LogP contribution is -2.42. The Morgan fingerprint density at radius 1 is 1.32 bits per heavy atom. The number of alkyl carbamates (subject to hydrolysis) is 1. The first-order valence-corrected chi connectivity index (χ1v) is 10.2. The molecular weight excluding hydrogens is 376 g/mol. The van der Waals surface area contributed by atoms with Crippen LogP contribution in [0.4, 0.5) is 10.6 Å². The highest BCUT2D eigenvalue weighted by atomic mass is 35.5. The largest absolute Gasteiger partial charge is 0.444 e. The molecule has 0 bridgehead atoms. The van der Waals surface area contributed by atoms with Gasteiger partial charge in [0, 0.05) is 36.9 Å². The van der Waals surface area contributed by atoms with Gasteiger partial charge in [0.05, 0.1) is 0 Å². The number of carbonyl (C=O) groups is 1. The van der Waals surface area contributed by atoms with Crippen LogP contribution >= 0.6 is 11.6 Å². The quantitative estimate of drug-likeness (QED) is 0.734. The number of nitrogens with zero attached hydrogens (tertiary/aromatic N) is 3. The van der Waals surface area contributed by atoms with Gasteiger partial charge in [0.2, 0.25) is 0 Å². The lowest BCUT2D eigenvalue weighted by atomic mass is 9.99. The van der Waals surface area contributed by atoms with E-state index in [0.717, 1.165) is 41.5 Å². The highest BCUT2D eigenvalue weighted by molar-refractivity contribution is 6.30. The molecule has 28 heavy (non-hydrogen) atoms. The van der Waals surface area contributed by atoms with Crippen LogP contribution in [0.2, 0.25) is 5.15 Å². The molecule has 1 fully saturated rings. The molecule has 1 aliphatic heterocycles. The molecule has 1 amide bonds. The van der Waals surface area contributed by atoms with Gasteiger partial charge < -0.3 is 15.0 Å². The first-order valence-electron chi connectivity index (χ1n) is 9.83. The van der Waals surface area contributed by atoms with Gasteiger partial charge in [-0.3, -0.25) is 0 Å². The van der Waals surface area contributed by atoms with Crippen LogP contribution in [-0.4, -0.2) is 40.8 Å². The first-order chi connectivity index (χ1) is 13.2. The van der Waals surface area contributed by atoms with Gasteiger partial charge in [0.25, 0.3) is 0 Å². The topological polar surface area (TPSA) is 67.4 Å². The molecule has 0 unspecified atom stereocenters. The number of aromatic nitrogens is 2. The average Bonchev–Trinajstić information content (AvgIpc) is 3.05. The first kappa shape index (κ1) is 20.6. The van der Waals surface area contributed by atoms with Crippen molar-refractivity contribution >= 4 is 34.3 Å². The number of hydrogen-bond donors (Lipinski definition) is 1. The number of ether oxygens (including phenoxy) is 1. The number of pyridine rings is 2. The van der Waals surface area contributed by atoms with E-state index in [-0.39, 0.29) is 12.1 Å². The van der Waals surface area contributed by atoms with Crippen LogP contribution in [0.25, 0.3) is 10.8 Å². The zero-order chi connectivity index (χ0) is 20.5. The normalized spacial score (nSPS) is 17.4. The Morgan fingerprint density at radius 2 is 2.07 bits per heavy atom. The van der Waals surface area contributed by atoms with Crippen molar-refractivity contribution in [2.75, 3.05) is 18.0 Å². The smallest absolute Gasteiger partial charge is 0.407 e. The summed E-state index contributed by atoms with van der Waals surface area (Å²) in [5, 5.41) is 5.47. The van der Waals surface area contributed by atoms with Gasteiger partial charge in [-0.05, 0) is 56.5 Å². The van der Waals surface area contributed by atoms with E-state index < -0.39 is 5.60 Å². The number of rotatable bonds is 4. The summed E-state index contributed by atoms with van der Waals surface area (Å²) in [6.07, 6.45) is 5.40. The van der Waals surface area contributed by atoms with E-state index in [9.17, 15) is 4.79 Å². The number of fused-ring (bicyclic) bond motifs is 1. The van der Waals surface area contributed by atoms with Crippen molar-refractivity contribution in [3.63, 3.8) is 0 Å². The molecule has 3 rings (SSSR count). The maximum absolute atomic E-state index is 12.0. The second kappa shape index (κ2) is 8.11. The molecule has 0 aliphatic carbocycles. The lowest BCUT2D eigenvalue weighted by molar-refractivity contribution is 0.0525. The van der Waals surface area contributed by atoms with Gasteiger partial charge in [-0.15, -0.1) is 0 Å². The number of hydrogen-bond acceptors (Lipinski definition) is 5. The molecule has 1 N–H and O–H groups in total. The molecule has 0 radical (unpaired) electrons. The fourth-order valence-electron chi connectivity index (χ4n) is 3.65. The van der Waals surface area contributed by atoms with Gasteiger partial charge in [-0.2, -0.15) is 0 Å². The van der Waals surface area contributed by atoms with E-state index >= 15 is 0 Å². The molecule has 0 spiro atoms. The summed E-state index contributed by atoms with van der Waals surface area (Å²) in [5.74, 6) is 1.24. The summed E-state index contributed by atoms with van der Waals surface area (Å²) >= 11 is 6.17. The summed E-state index contributed by atoms with van der Waals surface area (Å²) in [5.41, 5.74) is 0.653. The molecule has 0 aromatic carbocycles. The lowest BCUT2D eigenvalue weighted by Gasteiger charge is -2.28. The minimum atomic E-state index is -0.505. The van der Waals surface area contributed by atoms with Crippen molar-refractivity contribution < 1.29 is 9.53 Å². The molecule has 1 saturated heterocycles. The van der Waals surface area contributed by atoms with Gasteiger partial charge in [0.1, 0.15) is 16.6 Å². The summed E-state index contributed by atoms with van der Waals surface area (Å²) in [7, 11) is 0. The summed E-state index contributed by atoms with van der Waals surface area (Å²) in [6.45, 7) is 11.3. The van der Waals surface area contributed by atoms with Gasteiger partial charge in [0.15, 0.2) is 0 Å². The van der Waals surface area contributed by atoms with E-state index in [0.29, 0.717) is 17.6 Å².